The fourth-order valence-electron chi connectivity index (χ4n) is 2.29. The summed E-state index contributed by atoms with van der Waals surface area (Å²) in [5.74, 6) is 0. The number of hydrogen-bond acceptors (Lipinski definition) is 5. The number of aromatic amines is 1. The summed E-state index contributed by atoms with van der Waals surface area (Å²) in [6.07, 6.45) is 12.0. The lowest BCUT2D eigenvalue weighted by molar-refractivity contribution is 0.0636. The van der Waals surface area contributed by atoms with Gasteiger partial charge in [0.15, 0.2) is 0 Å². The van der Waals surface area contributed by atoms with Crippen LogP contribution < -0.4 is 5.32 Å². The van der Waals surface area contributed by atoms with Crippen LogP contribution in [0.2, 0.25) is 0 Å². The summed E-state index contributed by atoms with van der Waals surface area (Å²) in [4.78, 5) is 20.3. The second-order valence-corrected chi connectivity index (χ2v) is 7.83. The number of nitrogens with zero attached hydrogens (tertiary/aromatic N) is 1. The molecule has 0 fully saturated rings. The van der Waals surface area contributed by atoms with Gasteiger partial charge >= 0.3 is 6.09 Å². The third kappa shape index (κ3) is 8.31. The van der Waals surface area contributed by atoms with Crippen molar-refractivity contribution in [1.29, 1.82) is 0 Å². The van der Waals surface area contributed by atoms with Crippen molar-refractivity contribution in [1.82, 2.24) is 9.97 Å². The molecule has 30 heavy (non-hydrogen) atoms. The lowest BCUT2D eigenvalue weighted by atomic mass is 10.1. The maximum atomic E-state index is 11.8. The molecule has 2 N–H and O–H groups in total. The number of amides is 1. The van der Waals surface area contributed by atoms with Gasteiger partial charge in [-0.1, -0.05) is 37.5 Å². The summed E-state index contributed by atoms with van der Waals surface area (Å²) in [6, 6.07) is 7.83. The molecule has 0 atom stereocenters. The summed E-state index contributed by atoms with van der Waals surface area (Å²) in [5.41, 5.74) is 1.44. The molecule has 5 nitrogen and oxygen atoms in total. The van der Waals surface area contributed by atoms with E-state index in [0.717, 1.165) is 26.5 Å². The van der Waals surface area contributed by atoms with Gasteiger partial charge in [-0.3, -0.25) is 5.32 Å². The number of anilines is 1. The van der Waals surface area contributed by atoms with E-state index >= 15 is 0 Å². The fraction of sp³-hybridized carbons (Fsp3) is 0.217. The minimum Gasteiger partial charge on any atom is -0.444 e. The van der Waals surface area contributed by atoms with E-state index < -0.39 is 11.7 Å². The van der Waals surface area contributed by atoms with Crippen molar-refractivity contribution >= 4 is 46.1 Å². The number of thiophene rings is 1. The number of fused-ring (bicyclic) bond motifs is 1. The molecule has 0 aliphatic rings. The van der Waals surface area contributed by atoms with Crippen molar-refractivity contribution in [2.24, 2.45) is 0 Å². The third-order valence-corrected chi connectivity index (χ3v) is 4.37. The first kappa shape index (κ1) is 25.3. The molecule has 0 radical (unpaired) electrons. The van der Waals surface area contributed by atoms with E-state index in [0.29, 0.717) is 0 Å². The van der Waals surface area contributed by atoms with Crippen molar-refractivity contribution in [2.45, 2.75) is 26.4 Å². The number of carbonyl (C=O) groups excluding carboxylic acids is 1. The maximum absolute atomic E-state index is 11.8. The summed E-state index contributed by atoms with van der Waals surface area (Å²) in [6.45, 7) is 12.4. The molecule has 0 aliphatic heterocycles. The molecule has 3 rings (SSSR count). The summed E-state index contributed by atoms with van der Waals surface area (Å²) >= 11 is 5.03. The van der Waals surface area contributed by atoms with Gasteiger partial charge in [0, 0.05) is 28.2 Å². The smallest absolute Gasteiger partial charge is 0.412 e. The monoisotopic (exact) mass is 443 g/mol. The van der Waals surface area contributed by atoms with E-state index in [-0.39, 0.29) is 0 Å². The van der Waals surface area contributed by atoms with Crippen LogP contribution in [0.1, 0.15) is 20.8 Å². The number of H-pyrrole nitrogens is 1. The van der Waals surface area contributed by atoms with E-state index in [1.165, 1.54) is 11.3 Å². The number of allylic oxidation sites excluding steroid dienone is 4. The topological polar surface area (TPSA) is 67.0 Å². The van der Waals surface area contributed by atoms with Crippen molar-refractivity contribution in [3.63, 3.8) is 0 Å². The van der Waals surface area contributed by atoms with E-state index in [1.807, 2.05) is 63.4 Å². The first-order valence-electron chi connectivity index (χ1n) is 9.21. The Morgan fingerprint density at radius 1 is 1.17 bits per heavy atom. The number of ether oxygens (including phenoxy) is 1. The molecule has 0 saturated heterocycles. The molecule has 0 spiro atoms. The largest absolute Gasteiger partial charge is 0.444 e. The van der Waals surface area contributed by atoms with Gasteiger partial charge in [-0.15, -0.1) is 11.3 Å². The van der Waals surface area contributed by atoms with Crippen LogP contribution in [-0.4, -0.2) is 27.9 Å². The van der Waals surface area contributed by atoms with Crippen molar-refractivity contribution in [3.8, 4) is 10.4 Å². The highest BCUT2D eigenvalue weighted by molar-refractivity contribution is 7.79. The summed E-state index contributed by atoms with van der Waals surface area (Å²) < 4.78 is 5.26. The predicted octanol–water partition coefficient (Wildman–Crippen LogP) is 7.10. The first-order valence-corrected chi connectivity index (χ1v) is 10.9. The molecular weight excluding hydrogens is 414 g/mol. The number of nitrogens with one attached hydrogen (secondary N) is 2. The zero-order valence-electron chi connectivity index (χ0n) is 17.8. The van der Waals surface area contributed by atoms with Gasteiger partial charge in [0.2, 0.25) is 0 Å². The fourth-order valence-corrected chi connectivity index (χ4v) is 3.22. The van der Waals surface area contributed by atoms with Crippen molar-refractivity contribution in [3.05, 3.63) is 74.1 Å². The molecule has 1 amide bonds. The number of rotatable bonds is 4. The minimum absolute atomic E-state index is 0.442. The lowest BCUT2D eigenvalue weighted by Gasteiger charge is -2.19. The molecular formula is C23H29N3O2S2. The van der Waals surface area contributed by atoms with Crippen molar-refractivity contribution in [2.75, 3.05) is 11.6 Å². The third-order valence-electron chi connectivity index (χ3n) is 3.34. The standard InChI is InChI=1S/C16H17N3O2S.C6H8.CH4S/c1-16(2,3)21-15(20)19-13-5-4-12(22-13)10-6-8-17-14-11(10)7-9-18-14;1-3-5-6-4-2;1-2/h4-9H,1-3H3,(H,17,18)(H,19,20);3-6H,1-2H2;2H,1H3/b;6-5-;. The van der Waals surface area contributed by atoms with Gasteiger partial charge in [0.05, 0.1) is 5.00 Å². The quantitative estimate of drug-likeness (QED) is 0.298. The van der Waals surface area contributed by atoms with Crippen LogP contribution in [0.15, 0.2) is 74.1 Å². The van der Waals surface area contributed by atoms with Crippen LogP contribution in [0.5, 0.6) is 0 Å². The molecule has 0 bridgehead atoms. The Balaban J connectivity index is 0.000000487. The number of hydrogen-bond donors (Lipinski definition) is 3. The first-order chi connectivity index (χ1) is 14.3. The zero-order chi connectivity index (χ0) is 22.6. The zero-order valence-corrected chi connectivity index (χ0v) is 19.5. The van der Waals surface area contributed by atoms with Gasteiger partial charge in [-0.25, -0.2) is 9.78 Å². The van der Waals surface area contributed by atoms with E-state index in [4.69, 9.17) is 4.74 Å². The number of carbonyl (C=O) groups is 1. The second-order valence-electron chi connectivity index (χ2n) is 6.75. The van der Waals surface area contributed by atoms with Gasteiger partial charge in [0.1, 0.15) is 11.2 Å². The summed E-state index contributed by atoms with van der Waals surface area (Å²) in [5, 5.41) is 4.58. The number of aromatic nitrogens is 2. The molecule has 160 valence electrons. The molecule has 0 aromatic carbocycles. The van der Waals surface area contributed by atoms with E-state index in [9.17, 15) is 4.79 Å². The molecule has 3 heterocycles. The van der Waals surface area contributed by atoms with Crippen LogP contribution in [0, 0.1) is 0 Å². The van der Waals surface area contributed by atoms with E-state index in [2.05, 4.69) is 41.1 Å². The average Bonchev–Trinajstić information content (AvgIpc) is 3.36. The lowest BCUT2D eigenvalue weighted by Crippen LogP contribution is -2.26. The van der Waals surface area contributed by atoms with E-state index in [1.54, 1.807) is 24.6 Å². The molecule has 7 heteroatoms. The minimum atomic E-state index is -0.507. The Hall–Kier alpha value is -2.77. The Morgan fingerprint density at radius 2 is 1.83 bits per heavy atom. The van der Waals surface area contributed by atoms with Gasteiger partial charge < -0.3 is 9.72 Å². The second kappa shape index (κ2) is 12.7. The molecule has 3 aromatic heterocycles. The highest BCUT2D eigenvalue weighted by atomic mass is 32.1. The Bertz CT molecular complexity index is 972. The van der Waals surface area contributed by atoms with Gasteiger partial charge in [-0.05, 0) is 51.3 Å². The number of pyridine rings is 1. The SMILES string of the molecule is C=C/C=C\C=C.CC(C)(C)OC(=O)Nc1ccc(-c2ccnc3[nH]ccc23)s1.CS. The Labute approximate surface area is 188 Å². The normalized spacial score (nSPS) is 10.4. The maximum Gasteiger partial charge on any atom is 0.412 e. The Morgan fingerprint density at radius 3 is 2.43 bits per heavy atom. The van der Waals surface area contributed by atoms with Crippen LogP contribution in [0.4, 0.5) is 9.80 Å². The Kier molecular flexibility index (Phi) is 10.7. The van der Waals surface area contributed by atoms with Crippen LogP contribution in [0.3, 0.4) is 0 Å². The molecule has 3 aromatic rings. The van der Waals surface area contributed by atoms with Crippen LogP contribution >= 0.6 is 24.0 Å². The highest BCUT2D eigenvalue weighted by Gasteiger charge is 2.17. The average molecular weight is 444 g/mol. The molecule has 0 aliphatic carbocycles. The summed E-state index contributed by atoms with van der Waals surface area (Å²) in [7, 11) is 0. The molecule has 0 unspecified atom stereocenters. The predicted molar refractivity (Wildman–Crippen MR) is 134 cm³/mol. The highest BCUT2D eigenvalue weighted by Crippen LogP contribution is 2.35. The molecule has 0 saturated carbocycles. The van der Waals surface area contributed by atoms with Gasteiger partial charge in [-0.2, -0.15) is 12.6 Å². The number of thiol groups is 1. The van der Waals surface area contributed by atoms with Gasteiger partial charge in [0.25, 0.3) is 0 Å². The van der Waals surface area contributed by atoms with Crippen molar-refractivity contribution < 1.29 is 9.53 Å². The van der Waals surface area contributed by atoms with Crippen LogP contribution in [0.25, 0.3) is 21.5 Å². The van der Waals surface area contributed by atoms with Crippen LogP contribution in [-0.2, 0) is 4.74 Å².